The van der Waals surface area contributed by atoms with Gasteiger partial charge in [0.25, 0.3) is 5.91 Å². The molecule has 2 amide bonds. The highest BCUT2D eigenvalue weighted by molar-refractivity contribution is 8.00. The van der Waals surface area contributed by atoms with Gasteiger partial charge in [-0.3, -0.25) is 14.4 Å². The summed E-state index contributed by atoms with van der Waals surface area (Å²) in [5.41, 5.74) is 2.65. The lowest BCUT2D eigenvalue weighted by Crippen LogP contribution is -2.31. The predicted octanol–water partition coefficient (Wildman–Crippen LogP) is 3.68. The summed E-state index contributed by atoms with van der Waals surface area (Å²) in [6, 6.07) is 11.5. The van der Waals surface area contributed by atoms with Crippen molar-refractivity contribution in [3.63, 3.8) is 0 Å². The van der Waals surface area contributed by atoms with Gasteiger partial charge in [-0.05, 0) is 50.1 Å². The zero-order valence-electron chi connectivity index (χ0n) is 16.5. The van der Waals surface area contributed by atoms with Crippen molar-refractivity contribution in [2.45, 2.75) is 26.9 Å². The Balaban J connectivity index is 1.74. The summed E-state index contributed by atoms with van der Waals surface area (Å²) in [6.07, 6.45) is -0.977. The van der Waals surface area contributed by atoms with Gasteiger partial charge in [-0.25, -0.2) is 4.39 Å². The first-order valence-corrected chi connectivity index (χ1v) is 10.1. The first-order chi connectivity index (χ1) is 13.8. The monoisotopic (exact) mass is 418 g/mol. The van der Waals surface area contributed by atoms with E-state index in [1.54, 1.807) is 6.07 Å². The average molecular weight is 418 g/mol. The summed E-state index contributed by atoms with van der Waals surface area (Å²) in [5, 5.41) is 5.17. The number of anilines is 2. The van der Waals surface area contributed by atoms with Crippen LogP contribution in [0.15, 0.2) is 42.5 Å². The Labute approximate surface area is 173 Å². The Hall–Kier alpha value is -2.87. The molecule has 2 aromatic carbocycles. The van der Waals surface area contributed by atoms with Gasteiger partial charge in [0.15, 0.2) is 6.10 Å². The second-order valence-corrected chi connectivity index (χ2v) is 7.45. The molecule has 0 bridgehead atoms. The molecule has 0 fully saturated rings. The number of halogens is 1. The molecular weight excluding hydrogens is 395 g/mol. The average Bonchev–Trinajstić information content (AvgIpc) is 2.66. The van der Waals surface area contributed by atoms with Crippen LogP contribution in [0.2, 0.25) is 0 Å². The maximum absolute atomic E-state index is 13.5. The van der Waals surface area contributed by atoms with Gasteiger partial charge in [-0.2, -0.15) is 0 Å². The van der Waals surface area contributed by atoms with Gasteiger partial charge in [0.2, 0.25) is 5.91 Å². The lowest BCUT2D eigenvalue weighted by atomic mass is 10.1. The molecule has 0 heterocycles. The summed E-state index contributed by atoms with van der Waals surface area (Å²) < 4.78 is 18.6. The van der Waals surface area contributed by atoms with Crippen molar-refractivity contribution in [3.8, 4) is 0 Å². The Morgan fingerprint density at radius 3 is 2.48 bits per heavy atom. The number of hydrogen-bond donors (Lipinski definition) is 2. The highest BCUT2D eigenvalue weighted by Gasteiger charge is 2.19. The third-order valence-electron chi connectivity index (χ3n) is 3.93. The highest BCUT2D eigenvalue weighted by atomic mass is 32.2. The summed E-state index contributed by atoms with van der Waals surface area (Å²) in [7, 11) is 0. The maximum atomic E-state index is 13.5. The molecule has 0 aliphatic rings. The molecular formula is C21H23FN2O4S. The smallest absolute Gasteiger partial charge is 0.316 e. The number of benzene rings is 2. The quantitative estimate of drug-likeness (QED) is 0.639. The van der Waals surface area contributed by atoms with Gasteiger partial charge in [-0.1, -0.05) is 24.3 Å². The molecule has 0 spiro atoms. The van der Waals surface area contributed by atoms with E-state index in [0.29, 0.717) is 5.69 Å². The molecule has 2 rings (SSSR count). The molecule has 0 aromatic heterocycles. The van der Waals surface area contributed by atoms with Crippen molar-refractivity contribution in [1.82, 2.24) is 0 Å². The molecule has 1 atom stereocenters. The first kappa shape index (κ1) is 22.4. The highest BCUT2D eigenvalue weighted by Crippen LogP contribution is 2.17. The molecule has 8 heteroatoms. The lowest BCUT2D eigenvalue weighted by Gasteiger charge is -2.15. The minimum Gasteiger partial charge on any atom is -0.452 e. The molecule has 0 aliphatic heterocycles. The minimum absolute atomic E-state index is 0.0491. The normalized spacial score (nSPS) is 11.4. The number of aryl methyl sites for hydroxylation is 2. The number of rotatable bonds is 8. The third kappa shape index (κ3) is 7.23. The summed E-state index contributed by atoms with van der Waals surface area (Å²) in [4.78, 5) is 36.0. The Bertz CT molecular complexity index is 904. The molecule has 154 valence electrons. The predicted molar refractivity (Wildman–Crippen MR) is 112 cm³/mol. The molecule has 29 heavy (non-hydrogen) atoms. The van der Waals surface area contributed by atoms with Gasteiger partial charge >= 0.3 is 5.97 Å². The Morgan fingerprint density at radius 1 is 1.03 bits per heavy atom. The first-order valence-electron chi connectivity index (χ1n) is 8.96. The van der Waals surface area contributed by atoms with Crippen molar-refractivity contribution in [1.29, 1.82) is 0 Å². The van der Waals surface area contributed by atoms with Crippen LogP contribution in [0.3, 0.4) is 0 Å². The zero-order valence-corrected chi connectivity index (χ0v) is 17.3. The van der Waals surface area contributed by atoms with Gasteiger partial charge in [0.1, 0.15) is 5.82 Å². The SMILES string of the molecule is Cc1ccc(C)c(NC(=O)[C@@H](C)OC(=O)CSCC(=O)Nc2ccccc2F)c1. The van der Waals surface area contributed by atoms with Gasteiger partial charge in [0.05, 0.1) is 17.2 Å². The number of nitrogens with one attached hydrogen (secondary N) is 2. The van der Waals surface area contributed by atoms with Crippen LogP contribution in [0.25, 0.3) is 0 Å². The molecule has 0 unspecified atom stereocenters. The number of amides is 2. The molecule has 6 nitrogen and oxygen atoms in total. The van der Waals surface area contributed by atoms with Crippen LogP contribution in [-0.2, 0) is 19.1 Å². The molecule has 0 aliphatic carbocycles. The summed E-state index contributed by atoms with van der Waals surface area (Å²) >= 11 is 1.02. The van der Waals surface area contributed by atoms with Crippen LogP contribution in [0.5, 0.6) is 0 Å². The molecule has 0 radical (unpaired) electrons. The second-order valence-electron chi connectivity index (χ2n) is 6.46. The van der Waals surface area contributed by atoms with E-state index in [0.717, 1.165) is 22.9 Å². The number of carbonyl (C=O) groups excluding carboxylic acids is 3. The van der Waals surface area contributed by atoms with E-state index in [2.05, 4.69) is 10.6 Å². The van der Waals surface area contributed by atoms with Crippen molar-refractivity contribution in [3.05, 3.63) is 59.4 Å². The molecule has 0 saturated heterocycles. The number of hydrogen-bond acceptors (Lipinski definition) is 5. The van der Waals surface area contributed by atoms with E-state index in [1.165, 1.54) is 25.1 Å². The minimum atomic E-state index is -0.977. The van der Waals surface area contributed by atoms with Crippen LogP contribution in [0.4, 0.5) is 15.8 Å². The number of thioether (sulfide) groups is 1. The van der Waals surface area contributed by atoms with Crippen molar-refractivity contribution in [2.24, 2.45) is 0 Å². The Morgan fingerprint density at radius 2 is 1.76 bits per heavy atom. The van der Waals surface area contributed by atoms with E-state index < -0.39 is 29.7 Å². The van der Waals surface area contributed by atoms with Crippen LogP contribution < -0.4 is 10.6 Å². The maximum Gasteiger partial charge on any atom is 0.316 e. The fraction of sp³-hybridized carbons (Fsp3) is 0.286. The molecule has 0 saturated carbocycles. The van der Waals surface area contributed by atoms with E-state index in [9.17, 15) is 18.8 Å². The van der Waals surface area contributed by atoms with Crippen LogP contribution in [0, 0.1) is 19.7 Å². The van der Waals surface area contributed by atoms with Crippen molar-refractivity contribution >= 4 is 40.9 Å². The van der Waals surface area contributed by atoms with E-state index in [-0.39, 0.29) is 17.2 Å². The van der Waals surface area contributed by atoms with Gasteiger partial charge in [0, 0.05) is 5.69 Å². The van der Waals surface area contributed by atoms with Crippen LogP contribution in [0.1, 0.15) is 18.1 Å². The largest absolute Gasteiger partial charge is 0.452 e. The van der Waals surface area contributed by atoms with E-state index >= 15 is 0 Å². The fourth-order valence-corrected chi connectivity index (χ4v) is 2.96. The van der Waals surface area contributed by atoms with Gasteiger partial charge in [-0.15, -0.1) is 11.8 Å². The molecule has 2 N–H and O–H groups in total. The summed E-state index contributed by atoms with van der Waals surface area (Å²) in [5.74, 6) is -2.17. The number of carbonyl (C=O) groups is 3. The number of esters is 1. The lowest BCUT2D eigenvalue weighted by molar-refractivity contribution is -0.150. The van der Waals surface area contributed by atoms with Gasteiger partial charge < -0.3 is 15.4 Å². The number of para-hydroxylation sites is 1. The van der Waals surface area contributed by atoms with Crippen LogP contribution in [-0.4, -0.2) is 35.4 Å². The number of ether oxygens (including phenoxy) is 1. The van der Waals surface area contributed by atoms with E-state index in [1.807, 2.05) is 32.0 Å². The third-order valence-corrected chi connectivity index (χ3v) is 4.84. The topological polar surface area (TPSA) is 84.5 Å². The second kappa shape index (κ2) is 10.6. The van der Waals surface area contributed by atoms with Crippen LogP contribution >= 0.6 is 11.8 Å². The zero-order chi connectivity index (χ0) is 21.4. The fourth-order valence-electron chi connectivity index (χ4n) is 2.37. The molecule has 2 aromatic rings. The van der Waals surface area contributed by atoms with Crippen molar-refractivity contribution in [2.75, 3.05) is 22.1 Å². The van der Waals surface area contributed by atoms with E-state index in [4.69, 9.17) is 4.74 Å². The standard InChI is InChI=1S/C21H23FN2O4S/c1-13-8-9-14(2)18(10-13)24-21(27)15(3)28-20(26)12-29-11-19(25)23-17-7-5-4-6-16(17)22/h4-10,15H,11-12H2,1-3H3,(H,23,25)(H,24,27)/t15-/m1/s1. The van der Waals surface area contributed by atoms with Crippen molar-refractivity contribution < 1.29 is 23.5 Å². The summed E-state index contributed by atoms with van der Waals surface area (Å²) in [6.45, 7) is 5.26. The Kier molecular flexibility index (Phi) is 8.21.